The van der Waals surface area contributed by atoms with Gasteiger partial charge in [0, 0.05) is 32.7 Å². The van der Waals surface area contributed by atoms with Gasteiger partial charge in [0.05, 0.1) is 24.8 Å². The summed E-state index contributed by atoms with van der Waals surface area (Å²) >= 11 is 0. The van der Waals surface area contributed by atoms with Crippen LogP contribution in [0.1, 0.15) is 31.6 Å². The van der Waals surface area contributed by atoms with Crippen molar-refractivity contribution in [3.63, 3.8) is 0 Å². The van der Waals surface area contributed by atoms with Crippen LogP contribution in [0.4, 0.5) is 15.8 Å². The molecule has 10 nitrogen and oxygen atoms in total. The van der Waals surface area contributed by atoms with Crippen LogP contribution in [0.25, 0.3) is 0 Å². The maximum absolute atomic E-state index is 14.9. The Hall–Kier alpha value is -3.24. The lowest BCUT2D eigenvalue weighted by molar-refractivity contribution is -0.134. The van der Waals surface area contributed by atoms with Crippen molar-refractivity contribution in [1.82, 2.24) is 25.5 Å². The topological polar surface area (TPSA) is 105 Å². The molecule has 0 radical (unpaired) electrons. The number of hydrogen-bond donors (Lipinski definition) is 1. The van der Waals surface area contributed by atoms with Gasteiger partial charge in [-0.15, -0.1) is 5.10 Å². The van der Waals surface area contributed by atoms with E-state index in [1.165, 1.54) is 13.0 Å². The number of amides is 1. The van der Waals surface area contributed by atoms with Gasteiger partial charge >= 0.3 is 0 Å². The number of anilines is 2. The summed E-state index contributed by atoms with van der Waals surface area (Å²) in [5.74, 6) is 0.264. The van der Waals surface area contributed by atoms with Gasteiger partial charge in [0.25, 0.3) is 6.47 Å². The maximum atomic E-state index is 14.9. The molecular weight excluding hydrogens is 405 g/mol. The molecule has 1 amide bonds. The van der Waals surface area contributed by atoms with Crippen LogP contribution in [0.3, 0.4) is 0 Å². The number of likely N-dealkylation sites (N-methyl/N-ethyl adjacent to an activating group) is 1. The summed E-state index contributed by atoms with van der Waals surface area (Å²) in [5, 5.41) is 14.3. The second-order valence-electron chi connectivity index (χ2n) is 7.70. The average Bonchev–Trinajstić information content (AvgIpc) is 3.18. The SMILES string of the molecule is CC(=O)NCC(CN(C)c1ccc(N2CCC(n3nnnc3C)CC2)c(F)c1)OC=O. The molecule has 1 aliphatic rings. The van der Waals surface area contributed by atoms with E-state index in [0.717, 1.165) is 18.7 Å². The van der Waals surface area contributed by atoms with E-state index < -0.39 is 6.10 Å². The molecule has 1 aromatic carbocycles. The molecule has 1 fully saturated rings. The van der Waals surface area contributed by atoms with Crippen LogP contribution in [0.15, 0.2) is 18.2 Å². The van der Waals surface area contributed by atoms with Gasteiger partial charge in [0.1, 0.15) is 17.7 Å². The summed E-state index contributed by atoms with van der Waals surface area (Å²) in [6.07, 6.45) is 1.13. The Morgan fingerprint density at radius 2 is 2.16 bits per heavy atom. The minimum Gasteiger partial charge on any atom is -0.461 e. The van der Waals surface area contributed by atoms with E-state index in [2.05, 4.69) is 20.8 Å². The molecular formula is C20H28FN7O3. The van der Waals surface area contributed by atoms with E-state index in [1.54, 1.807) is 18.0 Å². The van der Waals surface area contributed by atoms with Crippen molar-refractivity contribution in [2.75, 3.05) is 43.0 Å². The van der Waals surface area contributed by atoms with Crippen LogP contribution < -0.4 is 15.1 Å². The predicted octanol–water partition coefficient (Wildman–Crippen LogP) is 1.08. The molecule has 2 heterocycles. The van der Waals surface area contributed by atoms with Gasteiger partial charge in [-0.2, -0.15) is 0 Å². The minimum atomic E-state index is -0.539. The van der Waals surface area contributed by atoms with E-state index in [-0.39, 0.29) is 24.3 Å². The van der Waals surface area contributed by atoms with Gasteiger partial charge in [0.2, 0.25) is 5.91 Å². The van der Waals surface area contributed by atoms with Crippen LogP contribution in [0.2, 0.25) is 0 Å². The fraction of sp³-hybridized carbons (Fsp3) is 0.550. The van der Waals surface area contributed by atoms with Crippen LogP contribution >= 0.6 is 0 Å². The third-order valence-corrected chi connectivity index (χ3v) is 5.48. The number of rotatable bonds is 9. The smallest absolute Gasteiger partial charge is 0.293 e. The van der Waals surface area contributed by atoms with Crippen LogP contribution in [-0.4, -0.2) is 71.9 Å². The highest BCUT2D eigenvalue weighted by Gasteiger charge is 2.25. The summed E-state index contributed by atoms with van der Waals surface area (Å²) < 4.78 is 21.8. The van der Waals surface area contributed by atoms with Gasteiger partial charge in [-0.25, -0.2) is 9.07 Å². The number of carbonyl (C=O) groups is 2. The summed E-state index contributed by atoms with van der Waals surface area (Å²) in [6.45, 7) is 5.54. The molecule has 0 aliphatic carbocycles. The number of aryl methyl sites for hydroxylation is 1. The molecule has 2 aromatic rings. The number of ether oxygens (including phenoxy) is 1. The Morgan fingerprint density at radius 3 is 2.74 bits per heavy atom. The fourth-order valence-electron chi connectivity index (χ4n) is 3.82. The van der Waals surface area contributed by atoms with Crippen LogP contribution in [-0.2, 0) is 14.3 Å². The maximum Gasteiger partial charge on any atom is 0.293 e. The molecule has 1 aliphatic heterocycles. The third-order valence-electron chi connectivity index (χ3n) is 5.48. The molecule has 11 heteroatoms. The standard InChI is InChI=1S/C20H28FN7O3/c1-14-23-24-25-28(14)16-6-8-27(9-7-16)20-5-4-17(10-19(20)21)26(3)12-18(31-13-29)11-22-15(2)30/h4-5,10,13,16,18H,6-9,11-12H2,1-3H3,(H,22,30). The summed E-state index contributed by atoms with van der Waals surface area (Å²) in [7, 11) is 1.78. The molecule has 1 unspecified atom stereocenters. The van der Waals surface area contributed by atoms with Gasteiger partial charge in [0.15, 0.2) is 0 Å². The third kappa shape index (κ3) is 5.68. The Bertz CT molecular complexity index is 899. The normalized spacial score (nSPS) is 15.4. The van der Waals surface area contributed by atoms with Crippen molar-refractivity contribution in [1.29, 1.82) is 0 Å². The zero-order valence-corrected chi connectivity index (χ0v) is 18.0. The quantitative estimate of drug-likeness (QED) is 0.586. The van der Waals surface area contributed by atoms with Crippen molar-refractivity contribution < 1.29 is 18.7 Å². The van der Waals surface area contributed by atoms with Crippen molar-refractivity contribution in [3.05, 3.63) is 29.8 Å². The first-order chi connectivity index (χ1) is 14.9. The van der Waals surface area contributed by atoms with Gasteiger partial charge in [-0.05, 0) is 48.4 Å². The number of hydrogen-bond acceptors (Lipinski definition) is 8. The first kappa shape index (κ1) is 22.4. The highest BCUT2D eigenvalue weighted by atomic mass is 19.1. The highest BCUT2D eigenvalue weighted by molar-refractivity contribution is 5.72. The van der Waals surface area contributed by atoms with Gasteiger partial charge < -0.3 is 19.9 Å². The number of aromatic nitrogens is 4. The van der Waals surface area contributed by atoms with Crippen molar-refractivity contribution in [3.8, 4) is 0 Å². The van der Waals surface area contributed by atoms with Gasteiger partial charge in [-0.3, -0.25) is 9.59 Å². The van der Waals surface area contributed by atoms with Crippen LogP contribution in [0, 0.1) is 12.7 Å². The zero-order chi connectivity index (χ0) is 22.4. The second kappa shape index (κ2) is 10.2. The average molecular weight is 433 g/mol. The molecule has 31 heavy (non-hydrogen) atoms. The summed E-state index contributed by atoms with van der Waals surface area (Å²) in [4.78, 5) is 25.7. The Balaban J connectivity index is 1.61. The van der Waals surface area contributed by atoms with Gasteiger partial charge in [-0.1, -0.05) is 0 Å². The molecule has 1 atom stereocenters. The minimum absolute atomic E-state index is 0.189. The number of halogens is 1. The number of piperidine rings is 1. The van der Waals surface area contributed by atoms with Crippen molar-refractivity contribution in [2.24, 2.45) is 0 Å². The summed E-state index contributed by atoms with van der Waals surface area (Å²) in [5.41, 5.74) is 1.21. The second-order valence-corrected chi connectivity index (χ2v) is 7.70. The summed E-state index contributed by atoms with van der Waals surface area (Å²) in [6, 6.07) is 5.31. The lowest BCUT2D eigenvalue weighted by Gasteiger charge is -2.34. The van der Waals surface area contributed by atoms with E-state index in [4.69, 9.17) is 4.74 Å². The Morgan fingerprint density at radius 1 is 1.42 bits per heavy atom. The van der Waals surface area contributed by atoms with Crippen molar-refractivity contribution in [2.45, 2.75) is 38.8 Å². The van der Waals surface area contributed by atoms with E-state index in [1.807, 2.05) is 22.6 Å². The van der Waals surface area contributed by atoms with E-state index in [9.17, 15) is 14.0 Å². The molecule has 0 spiro atoms. The molecule has 3 rings (SSSR count). The number of nitrogens with one attached hydrogen (secondary N) is 1. The van der Waals surface area contributed by atoms with E-state index in [0.29, 0.717) is 37.5 Å². The van der Waals surface area contributed by atoms with E-state index >= 15 is 0 Å². The number of carbonyl (C=O) groups excluding carboxylic acids is 2. The fourth-order valence-corrected chi connectivity index (χ4v) is 3.82. The highest BCUT2D eigenvalue weighted by Crippen LogP contribution is 2.30. The molecule has 1 N–H and O–H groups in total. The predicted molar refractivity (Wildman–Crippen MR) is 112 cm³/mol. The molecule has 1 saturated heterocycles. The molecule has 1 aromatic heterocycles. The monoisotopic (exact) mass is 433 g/mol. The molecule has 0 bridgehead atoms. The number of nitrogens with zero attached hydrogens (tertiary/aromatic N) is 6. The Kier molecular flexibility index (Phi) is 7.37. The zero-order valence-electron chi connectivity index (χ0n) is 18.0. The Labute approximate surface area is 180 Å². The molecule has 168 valence electrons. The first-order valence-corrected chi connectivity index (χ1v) is 10.2. The number of tetrazole rings is 1. The molecule has 0 saturated carbocycles. The lowest BCUT2D eigenvalue weighted by Crippen LogP contribution is -2.40. The lowest BCUT2D eigenvalue weighted by atomic mass is 10.0. The van der Waals surface area contributed by atoms with Crippen molar-refractivity contribution >= 4 is 23.8 Å². The van der Waals surface area contributed by atoms with Crippen LogP contribution in [0.5, 0.6) is 0 Å². The largest absolute Gasteiger partial charge is 0.461 e. The number of benzene rings is 1. The first-order valence-electron chi connectivity index (χ1n) is 10.2.